The van der Waals surface area contributed by atoms with Gasteiger partial charge in [0.15, 0.2) is 0 Å². The predicted octanol–water partition coefficient (Wildman–Crippen LogP) is 4.82. The smallest absolute Gasteiger partial charge is 0.255 e. The fraction of sp³-hybridized carbons (Fsp3) is 0.261. The minimum absolute atomic E-state index is 0.121. The Morgan fingerprint density at radius 3 is 2.73 bits per heavy atom. The van der Waals surface area contributed by atoms with E-state index in [4.69, 9.17) is 23.2 Å². The first kappa shape index (κ1) is 20.6. The fourth-order valence-electron chi connectivity index (χ4n) is 3.71. The third-order valence-electron chi connectivity index (χ3n) is 5.54. The molecule has 30 heavy (non-hydrogen) atoms. The maximum atomic E-state index is 13.0. The van der Waals surface area contributed by atoms with Crippen molar-refractivity contribution in [2.45, 2.75) is 18.9 Å². The molecule has 154 valence electrons. The van der Waals surface area contributed by atoms with Gasteiger partial charge in [-0.1, -0.05) is 35.3 Å². The zero-order valence-electron chi connectivity index (χ0n) is 16.4. The van der Waals surface area contributed by atoms with Crippen LogP contribution in [0.4, 0.5) is 0 Å². The maximum Gasteiger partial charge on any atom is 0.255 e. The molecule has 0 spiro atoms. The van der Waals surface area contributed by atoms with E-state index in [0.29, 0.717) is 33.6 Å². The van der Waals surface area contributed by atoms with E-state index in [-0.39, 0.29) is 17.9 Å². The van der Waals surface area contributed by atoms with Crippen LogP contribution in [0.2, 0.25) is 10.0 Å². The lowest BCUT2D eigenvalue weighted by molar-refractivity contribution is 0.0699. The number of hydrogen-bond donors (Lipinski definition) is 1. The van der Waals surface area contributed by atoms with E-state index in [0.717, 1.165) is 23.6 Å². The molecule has 1 heterocycles. The molecular weight excluding hydrogens is 421 g/mol. The molecule has 0 radical (unpaired) electrons. The molecule has 1 aromatic heterocycles. The second-order valence-corrected chi connectivity index (χ2v) is 8.40. The number of benzene rings is 2. The Morgan fingerprint density at radius 2 is 1.97 bits per heavy atom. The number of rotatable bonds is 6. The van der Waals surface area contributed by atoms with Crippen LogP contribution < -0.4 is 5.32 Å². The van der Waals surface area contributed by atoms with Crippen LogP contribution in [0.3, 0.4) is 0 Å². The van der Waals surface area contributed by atoms with Gasteiger partial charge in [0, 0.05) is 42.0 Å². The van der Waals surface area contributed by atoms with E-state index in [1.807, 2.05) is 18.2 Å². The number of amides is 2. The lowest BCUT2D eigenvalue weighted by Crippen LogP contribution is -2.46. The Morgan fingerprint density at radius 1 is 1.17 bits per heavy atom. The van der Waals surface area contributed by atoms with Gasteiger partial charge in [0.25, 0.3) is 11.8 Å². The number of nitrogens with one attached hydrogen (secondary N) is 1. The predicted molar refractivity (Wildman–Crippen MR) is 119 cm³/mol. The molecule has 1 atom stereocenters. The van der Waals surface area contributed by atoms with E-state index in [1.54, 1.807) is 48.6 Å². The van der Waals surface area contributed by atoms with E-state index in [9.17, 15) is 9.59 Å². The highest BCUT2D eigenvalue weighted by molar-refractivity contribution is 6.35. The zero-order chi connectivity index (χ0) is 21.3. The number of fused-ring (bicyclic) bond motifs is 1. The molecule has 1 fully saturated rings. The van der Waals surface area contributed by atoms with Gasteiger partial charge in [0.1, 0.15) is 0 Å². The average Bonchev–Trinajstić information content (AvgIpc) is 3.59. The molecule has 1 unspecified atom stereocenters. The van der Waals surface area contributed by atoms with Gasteiger partial charge in [0.2, 0.25) is 0 Å². The van der Waals surface area contributed by atoms with Crippen molar-refractivity contribution in [1.82, 2.24) is 15.2 Å². The number of aromatic nitrogens is 1. The second-order valence-electron chi connectivity index (χ2n) is 7.56. The van der Waals surface area contributed by atoms with Crippen LogP contribution in [-0.2, 0) is 0 Å². The van der Waals surface area contributed by atoms with E-state index in [1.165, 1.54) is 0 Å². The number of carbonyl (C=O) groups is 2. The van der Waals surface area contributed by atoms with E-state index >= 15 is 0 Å². The third-order valence-corrected chi connectivity index (χ3v) is 6.11. The van der Waals surface area contributed by atoms with Crippen molar-refractivity contribution < 1.29 is 9.59 Å². The van der Waals surface area contributed by atoms with E-state index < -0.39 is 0 Å². The first-order chi connectivity index (χ1) is 14.5. The minimum atomic E-state index is -0.206. The quantitative estimate of drug-likeness (QED) is 0.595. The molecule has 4 rings (SSSR count). The molecule has 0 saturated heterocycles. The average molecular weight is 442 g/mol. The summed E-state index contributed by atoms with van der Waals surface area (Å²) in [7, 11) is 1.75. The van der Waals surface area contributed by atoms with Crippen LogP contribution in [0.5, 0.6) is 0 Å². The third kappa shape index (κ3) is 4.27. The van der Waals surface area contributed by atoms with Crippen LogP contribution in [0.15, 0.2) is 54.9 Å². The van der Waals surface area contributed by atoms with Crippen molar-refractivity contribution in [3.8, 4) is 0 Å². The van der Waals surface area contributed by atoms with Gasteiger partial charge < -0.3 is 10.2 Å². The molecule has 7 heteroatoms. The molecule has 0 aliphatic heterocycles. The van der Waals surface area contributed by atoms with Gasteiger partial charge in [-0.25, -0.2) is 0 Å². The van der Waals surface area contributed by atoms with Gasteiger partial charge in [-0.05, 0) is 54.5 Å². The van der Waals surface area contributed by atoms with Gasteiger partial charge in [0.05, 0.1) is 16.6 Å². The van der Waals surface area contributed by atoms with Gasteiger partial charge >= 0.3 is 0 Å². The number of halogens is 2. The maximum absolute atomic E-state index is 13.0. The zero-order valence-corrected chi connectivity index (χ0v) is 18.0. The summed E-state index contributed by atoms with van der Waals surface area (Å²) < 4.78 is 0. The summed E-state index contributed by atoms with van der Waals surface area (Å²) in [6.07, 6.45) is 5.45. The van der Waals surface area contributed by atoms with Crippen molar-refractivity contribution in [3.05, 3.63) is 76.0 Å². The topological polar surface area (TPSA) is 62.3 Å². The number of likely N-dealkylation sites (N-methyl/N-ethyl adjacent to an activating group) is 1. The monoisotopic (exact) mass is 441 g/mol. The number of carbonyl (C=O) groups excluding carboxylic acids is 2. The van der Waals surface area contributed by atoms with Crippen molar-refractivity contribution in [3.63, 3.8) is 0 Å². The van der Waals surface area contributed by atoms with Crippen molar-refractivity contribution in [2.75, 3.05) is 13.6 Å². The highest BCUT2D eigenvalue weighted by Crippen LogP contribution is 2.36. The van der Waals surface area contributed by atoms with Gasteiger partial charge in [-0.3, -0.25) is 14.6 Å². The molecule has 1 saturated carbocycles. The van der Waals surface area contributed by atoms with Gasteiger partial charge in [-0.15, -0.1) is 0 Å². The van der Waals surface area contributed by atoms with Crippen LogP contribution in [-0.4, -0.2) is 41.3 Å². The Bertz CT molecular complexity index is 1110. The molecule has 5 nitrogen and oxygen atoms in total. The van der Waals surface area contributed by atoms with Crippen LogP contribution in [0.25, 0.3) is 10.8 Å². The van der Waals surface area contributed by atoms with Crippen LogP contribution in [0.1, 0.15) is 33.6 Å². The van der Waals surface area contributed by atoms with Gasteiger partial charge in [-0.2, -0.15) is 0 Å². The first-order valence-corrected chi connectivity index (χ1v) is 10.5. The van der Waals surface area contributed by atoms with Crippen molar-refractivity contribution in [2.24, 2.45) is 5.92 Å². The Balaban J connectivity index is 1.51. The first-order valence-electron chi connectivity index (χ1n) is 9.79. The number of nitrogens with zero attached hydrogens (tertiary/aromatic N) is 2. The number of pyridine rings is 1. The highest BCUT2D eigenvalue weighted by atomic mass is 35.5. The standard InChI is InChI=1S/C23H21Cl2N3O2/c1-28(23(30)18-11-16(24)7-8-20(18)25)21(15-5-6-15)13-27-22(29)17-4-2-3-14-9-10-26-12-19(14)17/h2-4,7-12,15,21H,5-6,13H2,1H3,(H,27,29). The molecular formula is C23H21Cl2N3O2. The Labute approximate surface area is 185 Å². The SMILES string of the molecule is CN(C(=O)c1cc(Cl)ccc1Cl)C(CNC(=O)c1cccc2ccncc12)C1CC1. The minimum Gasteiger partial charge on any atom is -0.350 e. The molecule has 1 N–H and O–H groups in total. The van der Waals surface area contributed by atoms with Crippen molar-refractivity contribution >= 4 is 45.8 Å². The summed E-state index contributed by atoms with van der Waals surface area (Å²) >= 11 is 12.3. The summed E-state index contributed by atoms with van der Waals surface area (Å²) in [6.45, 7) is 0.362. The fourth-order valence-corrected chi connectivity index (χ4v) is 4.08. The summed E-state index contributed by atoms with van der Waals surface area (Å²) in [5, 5.41) is 5.58. The molecule has 2 aromatic carbocycles. The Hall–Kier alpha value is -2.63. The molecule has 3 aromatic rings. The lowest BCUT2D eigenvalue weighted by atomic mass is 10.1. The molecule has 2 amide bonds. The van der Waals surface area contributed by atoms with Crippen LogP contribution >= 0.6 is 23.2 Å². The van der Waals surface area contributed by atoms with E-state index in [2.05, 4.69) is 10.3 Å². The normalized spacial score (nSPS) is 14.4. The second kappa shape index (κ2) is 8.62. The molecule has 0 bridgehead atoms. The van der Waals surface area contributed by atoms with Crippen molar-refractivity contribution in [1.29, 1.82) is 0 Å². The highest BCUT2D eigenvalue weighted by Gasteiger charge is 2.36. The molecule has 1 aliphatic rings. The summed E-state index contributed by atoms with van der Waals surface area (Å²) in [6, 6.07) is 12.2. The van der Waals surface area contributed by atoms with Crippen LogP contribution in [0, 0.1) is 5.92 Å². The summed E-state index contributed by atoms with van der Waals surface area (Å²) in [5.41, 5.74) is 0.936. The Kier molecular flexibility index (Phi) is 5.93. The lowest BCUT2D eigenvalue weighted by Gasteiger charge is -2.29. The molecule has 1 aliphatic carbocycles. The summed E-state index contributed by atoms with van der Waals surface area (Å²) in [4.78, 5) is 31.7. The number of hydrogen-bond acceptors (Lipinski definition) is 3. The largest absolute Gasteiger partial charge is 0.350 e. The summed E-state index contributed by atoms with van der Waals surface area (Å²) in [5.74, 6) is -0.0321.